The van der Waals surface area contributed by atoms with Crippen molar-refractivity contribution in [3.63, 3.8) is 0 Å². The first-order valence-corrected chi connectivity index (χ1v) is 9.32. The van der Waals surface area contributed by atoms with Gasteiger partial charge in [0.25, 0.3) is 0 Å². The third kappa shape index (κ3) is 3.42. The molecule has 1 saturated heterocycles. The maximum absolute atomic E-state index is 11.0. The molecule has 3 aromatic rings. The van der Waals surface area contributed by atoms with Crippen LogP contribution in [0.15, 0.2) is 54.0 Å². The summed E-state index contributed by atoms with van der Waals surface area (Å²) in [4.78, 5) is 20.2. The number of likely N-dealkylation sites (tertiary alicyclic amines) is 1. The number of anilines is 1. The Hall–Kier alpha value is -2.80. The first-order chi connectivity index (χ1) is 13.2. The van der Waals surface area contributed by atoms with E-state index in [9.17, 15) is 4.91 Å². The summed E-state index contributed by atoms with van der Waals surface area (Å²) >= 11 is 0. The molecule has 0 saturated carbocycles. The van der Waals surface area contributed by atoms with Gasteiger partial charge in [-0.25, -0.2) is 9.50 Å². The van der Waals surface area contributed by atoms with Gasteiger partial charge in [0, 0.05) is 26.2 Å². The molecule has 3 heterocycles. The summed E-state index contributed by atoms with van der Waals surface area (Å²) in [5, 5.41) is 7.21. The summed E-state index contributed by atoms with van der Waals surface area (Å²) in [5.74, 6) is 1.68. The molecule has 4 rings (SSSR count). The third-order valence-electron chi connectivity index (χ3n) is 5.59. The van der Waals surface area contributed by atoms with E-state index in [0.29, 0.717) is 17.8 Å². The van der Waals surface area contributed by atoms with Crippen molar-refractivity contribution >= 4 is 17.2 Å². The average Bonchev–Trinajstić information content (AvgIpc) is 3.13. The zero-order valence-electron chi connectivity index (χ0n) is 15.7. The van der Waals surface area contributed by atoms with E-state index in [1.54, 1.807) is 10.6 Å². The Kier molecular flexibility index (Phi) is 4.85. The number of hydrogen-bond acceptors (Lipinski definition) is 6. The molecule has 1 aliphatic rings. The van der Waals surface area contributed by atoms with Crippen molar-refractivity contribution in [1.82, 2.24) is 19.5 Å². The maximum Gasteiger partial charge on any atom is 0.198 e. The normalized spacial score (nSPS) is 20.7. The van der Waals surface area contributed by atoms with E-state index in [-0.39, 0.29) is 0 Å². The molecule has 1 aliphatic heterocycles. The molecule has 0 N–H and O–H groups in total. The molecule has 1 fully saturated rings. The predicted molar refractivity (Wildman–Crippen MR) is 106 cm³/mol. The molecule has 0 radical (unpaired) electrons. The van der Waals surface area contributed by atoms with Gasteiger partial charge in [0.2, 0.25) is 0 Å². The van der Waals surface area contributed by atoms with Crippen molar-refractivity contribution < 1.29 is 0 Å². The number of benzene rings is 1. The number of fused-ring (bicyclic) bond motifs is 1. The highest BCUT2D eigenvalue weighted by molar-refractivity contribution is 5.71. The van der Waals surface area contributed by atoms with E-state index in [4.69, 9.17) is 0 Å². The van der Waals surface area contributed by atoms with Crippen molar-refractivity contribution in [2.45, 2.75) is 25.9 Å². The SMILES string of the molecule is C[C@@H]1CCN(Cc2ccccc2)C[C@@H]1N(C)c1ncnn2c(N=O)ccc12. The molecule has 2 atom stereocenters. The molecule has 7 nitrogen and oxygen atoms in total. The Morgan fingerprint density at radius 2 is 2.04 bits per heavy atom. The number of hydrogen-bond donors (Lipinski definition) is 0. The lowest BCUT2D eigenvalue weighted by atomic mass is 9.92. The Labute approximate surface area is 158 Å². The summed E-state index contributed by atoms with van der Waals surface area (Å²) in [6.07, 6.45) is 2.63. The van der Waals surface area contributed by atoms with Crippen LogP contribution in [0.2, 0.25) is 0 Å². The minimum absolute atomic E-state index is 0.296. The van der Waals surface area contributed by atoms with Gasteiger partial charge in [-0.05, 0) is 41.8 Å². The van der Waals surface area contributed by atoms with Gasteiger partial charge in [0.1, 0.15) is 11.8 Å². The number of likely N-dealkylation sites (N-methyl/N-ethyl adjacent to an activating group) is 1. The van der Waals surface area contributed by atoms with Crippen LogP contribution in [0.3, 0.4) is 0 Å². The second-order valence-electron chi connectivity index (χ2n) is 7.33. The van der Waals surface area contributed by atoms with Crippen molar-refractivity contribution in [2.24, 2.45) is 11.1 Å². The Morgan fingerprint density at radius 1 is 1.22 bits per heavy atom. The van der Waals surface area contributed by atoms with Crippen molar-refractivity contribution in [3.05, 3.63) is 59.3 Å². The fraction of sp³-hybridized carbons (Fsp3) is 0.400. The lowest BCUT2D eigenvalue weighted by Crippen LogP contribution is -2.51. The van der Waals surface area contributed by atoms with Gasteiger partial charge < -0.3 is 4.90 Å². The zero-order valence-corrected chi connectivity index (χ0v) is 15.7. The van der Waals surface area contributed by atoms with Crippen molar-refractivity contribution in [2.75, 3.05) is 25.0 Å². The van der Waals surface area contributed by atoms with Crippen LogP contribution in [-0.4, -0.2) is 45.7 Å². The predicted octanol–water partition coefficient (Wildman–Crippen LogP) is 3.47. The van der Waals surface area contributed by atoms with Crippen molar-refractivity contribution in [1.29, 1.82) is 0 Å². The molecule has 2 aromatic heterocycles. The van der Waals surface area contributed by atoms with Gasteiger partial charge in [0.05, 0.1) is 0 Å². The summed E-state index contributed by atoms with van der Waals surface area (Å²) in [5.41, 5.74) is 2.15. The van der Waals surface area contributed by atoms with E-state index in [0.717, 1.165) is 37.4 Å². The molecule has 0 amide bonds. The fourth-order valence-corrected chi connectivity index (χ4v) is 4.01. The van der Waals surface area contributed by atoms with Crippen LogP contribution >= 0.6 is 0 Å². The topological polar surface area (TPSA) is 66.1 Å². The van der Waals surface area contributed by atoms with Crippen LogP contribution < -0.4 is 4.90 Å². The van der Waals surface area contributed by atoms with Crippen LogP contribution in [0.1, 0.15) is 18.9 Å². The molecule has 0 unspecified atom stereocenters. The number of nitrogens with zero attached hydrogens (tertiary/aromatic N) is 6. The number of aromatic nitrogens is 3. The lowest BCUT2D eigenvalue weighted by molar-refractivity contribution is 0.159. The van der Waals surface area contributed by atoms with Gasteiger partial charge in [-0.2, -0.15) is 5.10 Å². The second kappa shape index (κ2) is 7.44. The van der Waals surface area contributed by atoms with E-state index < -0.39 is 0 Å². The standard InChI is InChI=1S/C20H24N6O/c1-15-10-11-25(12-16-6-4-3-5-7-16)13-18(15)24(2)20-17-8-9-19(23-27)26(17)22-14-21-20/h3-9,14-15,18H,10-13H2,1-2H3/t15-,18+/m1/s1. The highest BCUT2D eigenvalue weighted by atomic mass is 16.3. The molecule has 1 aromatic carbocycles. The fourth-order valence-electron chi connectivity index (χ4n) is 4.01. The summed E-state index contributed by atoms with van der Waals surface area (Å²) in [7, 11) is 2.08. The van der Waals surface area contributed by atoms with Gasteiger partial charge in [-0.1, -0.05) is 37.3 Å². The van der Waals surface area contributed by atoms with Crippen LogP contribution in [0.5, 0.6) is 0 Å². The molecule has 0 spiro atoms. The first-order valence-electron chi connectivity index (χ1n) is 9.32. The number of rotatable bonds is 5. The monoisotopic (exact) mass is 364 g/mol. The molecular weight excluding hydrogens is 340 g/mol. The van der Waals surface area contributed by atoms with Gasteiger partial charge in [-0.3, -0.25) is 4.90 Å². The molecule has 140 valence electrons. The molecule has 0 aliphatic carbocycles. The highest BCUT2D eigenvalue weighted by Gasteiger charge is 2.31. The van der Waals surface area contributed by atoms with Crippen LogP contribution in [0.4, 0.5) is 11.6 Å². The highest BCUT2D eigenvalue weighted by Crippen LogP contribution is 2.29. The third-order valence-corrected chi connectivity index (χ3v) is 5.59. The largest absolute Gasteiger partial charge is 0.353 e. The second-order valence-corrected chi connectivity index (χ2v) is 7.33. The maximum atomic E-state index is 11.0. The minimum Gasteiger partial charge on any atom is -0.353 e. The van der Waals surface area contributed by atoms with E-state index in [1.165, 1.54) is 11.9 Å². The lowest BCUT2D eigenvalue weighted by Gasteiger charge is -2.42. The number of piperidine rings is 1. The van der Waals surface area contributed by atoms with Crippen LogP contribution in [-0.2, 0) is 6.54 Å². The van der Waals surface area contributed by atoms with Crippen LogP contribution in [0, 0.1) is 10.8 Å². The van der Waals surface area contributed by atoms with Gasteiger partial charge >= 0.3 is 0 Å². The summed E-state index contributed by atoms with van der Waals surface area (Å²) in [6.45, 7) is 5.34. The average molecular weight is 364 g/mol. The molecule has 0 bridgehead atoms. The van der Waals surface area contributed by atoms with Gasteiger partial charge in [-0.15, -0.1) is 4.91 Å². The quantitative estimate of drug-likeness (QED) is 0.649. The Morgan fingerprint density at radius 3 is 2.81 bits per heavy atom. The summed E-state index contributed by atoms with van der Waals surface area (Å²) in [6, 6.07) is 14.5. The smallest absolute Gasteiger partial charge is 0.198 e. The zero-order chi connectivity index (χ0) is 18.8. The van der Waals surface area contributed by atoms with E-state index in [1.807, 2.05) is 6.07 Å². The first kappa shape index (κ1) is 17.6. The molecular formula is C20H24N6O. The van der Waals surface area contributed by atoms with E-state index >= 15 is 0 Å². The summed E-state index contributed by atoms with van der Waals surface area (Å²) < 4.78 is 1.56. The van der Waals surface area contributed by atoms with Gasteiger partial charge in [0.15, 0.2) is 11.6 Å². The molecule has 27 heavy (non-hydrogen) atoms. The number of nitroso groups, excluding NO2 is 1. The van der Waals surface area contributed by atoms with Crippen LogP contribution in [0.25, 0.3) is 5.52 Å². The molecule has 7 heteroatoms. The van der Waals surface area contributed by atoms with Crippen molar-refractivity contribution in [3.8, 4) is 0 Å². The Balaban J connectivity index is 1.57. The minimum atomic E-state index is 0.296. The Bertz CT molecular complexity index is 925. The van der Waals surface area contributed by atoms with E-state index in [2.05, 4.69) is 69.4 Å².